The van der Waals surface area contributed by atoms with Crippen molar-refractivity contribution >= 4 is 28.8 Å². The van der Waals surface area contributed by atoms with Crippen molar-refractivity contribution in [2.45, 2.75) is 25.5 Å². The van der Waals surface area contributed by atoms with Gasteiger partial charge in [0.1, 0.15) is 18.2 Å². The van der Waals surface area contributed by atoms with Gasteiger partial charge in [-0.2, -0.15) is 5.10 Å². The molecule has 7 heteroatoms. The highest BCUT2D eigenvalue weighted by Crippen LogP contribution is 2.27. The number of hydrazone groups is 1. The molecule has 1 aliphatic rings. The standard InChI is InChI=1S/C23H20FN3O3/c24-20-8-4-2-6-16(20)14-30-21-12-9-15-5-1-3-7-18(15)19(21)13-25-27-23(29)22(28)26-17-10-11-17/h1-9,12-13,17H,10-11,14H2,(H,26,28)(H,27,29)/b25-13-. The predicted octanol–water partition coefficient (Wildman–Crippen LogP) is 3.29. The van der Waals surface area contributed by atoms with Gasteiger partial charge in [0, 0.05) is 17.2 Å². The van der Waals surface area contributed by atoms with Crippen molar-refractivity contribution < 1.29 is 18.7 Å². The summed E-state index contributed by atoms with van der Waals surface area (Å²) in [5.74, 6) is -1.39. The fraction of sp³-hybridized carbons (Fsp3) is 0.174. The van der Waals surface area contributed by atoms with Gasteiger partial charge >= 0.3 is 11.8 Å². The first-order chi connectivity index (χ1) is 14.6. The van der Waals surface area contributed by atoms with Crippen LogP contribution >= 0.6 is 0 Å². The van der Waals surface area contributed by atoms with Crippen molar-refractivity contribution in [3.8, 4) is 5.75 Å². The topological polar surface area (TPSA) is 79.8 Å². The average Bonchev–Trinajstić information content (AvgIpc) is 3.57. The molecule has 152 valence electrons. The number of hydrogen-bond donors (Lipinski definition) is 2. The van der Waals surface area contributed by atoms with Crippen LogP contribution in [0.1, 0.15) is 24.0 Å². The Kier molecular flexibility index (Phi) is 5.70. The molecule has 3 aromatic carbocycles. The van der Waals surface area contributed by atoms with Gasteiger partial charge in [0.05, 0.1) is 6.21 Å². The Bertz CT molecular complexity index is 1130. The molecule has 1 fully saturated rings. The zero-order valence-electron chi connectivity index (χ0n) is 16.1. The van der Waals surface area contributed by atoms with Crippen molar-refractivity contribution in [2.24, 2.45) is 5.10 Å². The monoisotopic (exact) mass is 405 g/mol. The fourth-order valence-electron chi connectivity index (χ4n) is 2.99. The van der Waals surface area contributed by atoms with E-state index in [2.05, 4.69) is 15.8 Å². The molecule has 30 heavy (non-hydrogen) atoms. The molecule has 4 rings (SSSR count). The second-order valence-electron chi connectivity index (χ2n) is 7.03. The molecular weight excluding hydrogens is 385 g/mol. The summed E-state index contributed by atoms with van der Waals surface area (Å²) in [6.07, 6.45) is 3.21. The lowest BCUT2D eigenvalue weighted by atomic mass is 10.0. The van der Waals surface area contributed by atoms with Crippen LogP contribution in [0, 0.1) is 5.82 Å². The van der Waals surface area contributed by atoms with E-state index in [9.17, 15) is 14.0 Å². The smallest absolute Gasteiger partial charge is 0.329 e. The third-order valence-corrected chi connectivity index (χ3v) is 4.75. The molecule has 0 spiro atoms. The minimum absolute atomic E-state index is 0.0437. The number of carbonyl (C=O) groups excluding carboxylic acids is 2. The van der Waals surface area contributed by atoms with Gasteiger partial charge in [-0.3, -0.25) is 9.59 Å². The number of amides is 2. The van der Waals surface area contributed by atoms with Crippen LogP contribution < -0.4 is 15.5 Å². The van der Waals surface area contributed by atoms with Crippen molar-refractivity contribution in [3.05, 3.63) is 77.6 Å². The molecule has 2 amide bonds. The van der Waals surface area contributed by atoms with Crippen LogP contribution in [0.4, 0.5) is 4.39 Å². The van der Waals surface area contributed by atoms with Crippen LogP contribution in [-0.2, 0) is 16.2 Å². The average molecular weight is 405 g/mol. The number of ether oxygens (including phenoxy) is 1. The van der Waals surface area contributed by atoms with E-state index in [0.717, 1.165) is 23.6 Å². The Morgan fingerprint density at radius 3 is 2.60 bits per heavy atom. The Hall–Kier alpha value is -3.74. The van der Waals surface area contributed by atoms with Crippen molar-refractivity contribution in [3.63, 3.8) is 0 Å². The fourth-order valence-corrected chi connectivity index (χ4v) is 2.99. The second kappa shape index (κ2) is 8.73. The van der Waals surface area contributed by atoms with E-state index >= 15 is 0 Å². The Morgan fingerprint density at radius 1 is 1.03 bits per heavy atom. The van der Waals surface area contributed by atoms with Crippen LogP contribution in [0.3, 0.4) is 0 Å². The number of halogens is 1. The van der Waals surface area contributed by atoms with Gasteiger partial charge in [0.2, 0.25) is 0 Å². The van der Waals surface area contributed by atoms with Crippen LogP contribution in [-0.4, -0.2) is 24.1 Å². The number of nitrogens with zero attached hydrogens (tertiary/aromatic N) is 1. The van der Waals surface area contributed by atoms with Crippen LogP contribution in [0.5, 0.6) is 5.75 Å². The van der Waals surface area contributed by atoms with Crippen LogP contribution in [0.15, 0.2) is 65.8 Å². The molecule has 3 aromatic rings. The number of nitrogens with one attached hydrogen (secondary N) is 2. The van der Waals surface area contributed by atoms with Crippen LogP contribution in [0.25, 0.3) is 10.8 Å². The molecular formula is C23H20FN3O3. The third kappa shape index (κ3) is 4.63. The van der Waals surface area contributed by atoms with E-state index in [4.69, 9.17) is 4.74 Å². The van der Waals surface area contributed by atoms with Crippen LogP contribution in [0.2, 0.25) is 0 Å². The first kappa shape index (κ1) is 19.6. The SMILES string of the molecule is O=C(N/N=C\c1c(OCc2ccccc2F)ccc2ccccc12)C(=O)NC1CC1. The predicted molar refractivity (Wildman–Crippen MR) is 112 cm³/mol. The molecule has 0 aliphatic heterocycles. The van der Waals surface area contributed by atoms with E-state index in [1.54, 1.807) is 24.3 Å². The summed E-state index contributed by atoms with van der Waals surface area (Å²) in [5.41, 5.74) is 3.29. The van der Waals surface area contributed by atoms with Gasteiger partial charge in [0.15, 0.2) is 0 Å². The molecule has 0 atom stereocenters. The number of fused-ring (bicyclic) bond motifs is 1. The largest absolute Gasteiger partial charge is 0.488 e. The molecule has 0 radical (unpaired) electrons. The first-order valence-electron chi connectivity index (χ1n) is 9.63. The lowest BCUT2D eigenvalue weighted by Gasteiger charge is -2.12. The molecule has 0 bridgehead atoms. The highest BCUT2D eigenvalue weighted by molar-refractivity contribution is 6.35. The molecule has 6 nitrogen and oxygen atoms in total. The van der Waals surface area contributed by atoms with E-state index in [-0.39, 0.29) is 18.5 Å². The maximum absolute atomic E-state index is 13.9. The van der Waals surface area contributed by atoms with Crippen molar-refractivity contribution in [1.29, 1.82) is 0 Å². The van der Waals surface area contributed by atoms with Gasteiger partial charge in [-0.15, -0.1) is 0 Å². The van der Waals surface area contributed by atoms with Gasteiger partial charge in [-0.25, -0.2) is 9.82 Å². The zero-order valence-corrected chi connectivity index (χ0v) is 16.1. The summed E-state index contributed by atoms with van der Waals surface area (Å²) in [6, 6.07) is 17.8. The molecule has 2 N–H and O–H groups in total. The van der Waals surface area contributed by atoms with Gasteiger partial charge in [0.25, 0.3) is 0 Å². The lowest BCUT2D eigenvalue weighted by Crippen LogP contribution is -2.38. The maximum atomic E-state index is 13.9. The van der Waals surface area contributed by atoms with Gasteiger partial charge in [-0.05, 0) is 35.7 Å². The lowest BCUT2D eigenvalue weighted by molar-refractivity contribution is -0.139. The Labute approximate surface area is 172 Å². The van der Waals surface area contributed by atoms with Gasteiger partial charge < -0.3 is 10.1 Å². The molecule has 0 unspecified atom stereocenters. The van der Waals surface area contributed by atoms with E-state index < -0.39 is 11.8 Å². The number of rotatable bonds is 6. The normalized spacial score (nSPS) is 13.4. The van der Waals surface area contributed by atoms with Crippen molar-refractivity contribution in [2.75, 3.05) is 0 Å². The van der Waals surface area contributed by atoms with Crippen molar-refractivity contribution in [1.82, 2.24) is 10.7 Å². The molecule has 0 heterocycles. The third-order valence-electron chi connectivity index (χ3n) is 4.75. The van der Waals surface area contributed by atoms with E-state index in [1.807, 2.05) is 30.3 Å². The minimum Gasteiger partial charge on any atom is -0.488 e. The Morgan fingerprint density at radius 2 is 1.80 bits per heavy atom. The first-order valence-corrected chi connectivity index (χ1v) is 9.63. The molecule has 1 aliphatic carbocycles. The zero-order chi connectivity index (χ0) is 20.9. The number of hydrogen-bond acceptors (Lipinski definition) is 4. The summed E-state index contributed by atoms with van der Waals surface area (Å²) in [5, 5.41) is 8.34. The summed E-state index contributed by atoms with van der Waals surface area (Å²) in [7, 11) is 0. The summed E-state index contributed by atoms with van der Waals surface area (Å²) in [4.78, 5) is 23.6. The summed E-state index contributed by atoms with van der Waals surface area (Å²) in [6.45, 7) is 0.0437. The summed E-state index contributed by atoms with van der Waals surface area (Å²) >= 11 is 0. The molecule has 1 saturated carbocycles. The molecule has 0 aromatic heterocycles. The number of carbonyl (C=O) groups is 2. The number of benzene rings is 3. The quantitative estimate of drug-likeness (QED) is 0.375. The highest BCUT2D eigenvalue weighted by atomic mass is 19.1. The minimum atomic E-state index is -0.827. The second-order valence-corrected chi connectivity index (χ2v) is 7.03. The highest BCUT2D eigenvalue weighted by Gasteiger charge is 2.26. The Balaban J connectivity index is 1.54. The molecule has 0 saturated heterocycles. The maximum Gasteiger partial charge on any atom is 0.329 e. The van der Waals surface area contributed by atoms with E-state index in [0.29, 0.717) is 16.9 Å². The van der Waals surface area contributed by atoms with Gasteiger partial charge in [-0.1, -0.05) is 48.5 Å². The van der Waals surface area contributed by atoms with E-state index in [1.165, 1.54) is 12.3 Å². The summed E-state index contributed by atoms with van der Waals surface area (Å²) < 4.78 is 19.8.